The van der Waals surface area contributed by atoms with Crippen molar-refractivity contribution in [1.29, 1.82) is 0 Å². The van der Waals surface area contributed by atoms with E-state index in [-0.39, 0.29) is 27.7 Å². The van der Waals surface area contributed by atoms with Crippen LogP contribution in [0.3, 0.4) is 0 Å². The number of aliphatic hydroxyl groups is 1. The minimum atomic E-state index is -1.22. The highest BCUT2D eigenvalue weighted by Gasteiger charge is 2.30. The molecule has 0 aliphatic carbocycles. The van der Waals surface area contributed by atoms with Crippen LogP contribution in [0.1, 0.15) is 37.4 Å². The first-order valence-electron chi connectivity index (χ1n) is 10.5. The average Bonchev–Trinajstić information content (AvgIpc) is 3.54. The number of hydrogen-bond acceptors (Lipinski definition) is 5. The number of carboxylic acids is 1. The number of para-hydroxylation sites is 2. The van der Waals surface area contributed by atoms with Crippen molar-refractivity contribution in [1.82, 2.24) is 9.97 Å². The second-order valence-corrected chi connectivity index (χ2v) is 9.01. The Balaban J connectivity index is 1.67. The number of aromatic hydroxyl groups is 1. The van der Waals surface area contributed by atoms with Gasteiger partial charge in [0.05, 0.1) is 17.7 Å². The summed E-state index contributed by atoms with van der Waals surface area (Å²) in [6, 6.07) is 12.8. The maximum Gasteiger partial charge on any atom is 0.346 e. The Morgan fingerprint density at radius 3 is 2.53 bits per heavy atom. The van der Waals surface area contributed by atoms with Gasteiger partial charge >= 0.3 is 5.97 Å². The van der Waals surface area contributed by atoms with Crippen LogP contribution in [-0.4, -0.2) is 43.6 Å². The van der Waals surface area contributed by atoms with Crippen molar-refractivity contribution in [3.05, 3.63) is 81.3 Å². The van der Waals surface area contributed by atoms with Crippen LogP contribution in [0.15, 0.2) is 60.4 Å². The van der Waals surface area contributed by atoms with Gasteiger partial charge < -0.3 is 25.3 Å². The zero-order valence-electron chi connectivity index (χ0n) is 18.0. The number of rotatable bonds is 6. The molecule has 0 atom stereocenters. The molecule has 34 heavy (non-hydrogen) atoms. The molecule has 5 N–H and O–H groups in total. The maximum atomic E-state index is 13.5. The normalized spacial score (nSPS) is 12.0. The van der Waals surface area contributed by atoms with Crippen LogP contribution in [-0.2, 0) is 0 Å². The molecule has 0 unspecified atom stereocenters. The number of aliphatic hydroxyl groups excluding tert-OH is 1. The van der Waals surface area contributed by atoms with E-state index < -0.39 is 11.8 Å². The van der Waals surface area contributed by atoms with E-state index in [4.69, 9.17) is 0 Å². The monoisotopic (exact) mass is 472 g/mol. The number of aromatic carboxylic acids is 1. The van der Waals surface area contributed by atoms with Crippen LogP contribution in [0.2, 0.25) is 0 Å². The molecule has 5 aromatic rings. The highest BCUT2D eigenvalue weighted by molar-refractivity contribution is 7.17. The largest absolute Gasteiger partial charge is 0.506 e. The lowest BCUT2D eigenvalue weighted by Gasteiger charge is -2.03. The molecular formula is C26H20N2O5S. The standard InChI is InChI=1S/C26H20N2O5S/c1-13(12-29)9-14-5-4-7-16-18(11-28-21(14)16)22(30)25-23(31)20(24(34-25)26(32)33)17-10-27-19-8-3-2-6-15(17)19/h2-11,27-29,31H,12H2,1H3,(H,32,33)/b13-9+. The van der Waals surface area contributed by atoms with Crippen molar-refractivity contribution >= 4 is 51.0 Å². The number of aromatic amines is 2. The zero-order valence-corrected chi connectivity index (χ0v) is 18.9. The van der Waals surface area contributed by atoms with Crippen molar-refractivity contribution in [2.75, 3.05) is 6.61 Å². The maximum absolute atomic E-state index is 13.5. The van der Waals surface area contributed by atoms with Gasteiger partial charge in [0.1, 0.15) is 15.5 Å². The number of H-pyrrole nitrogens is 2. The van der Waals surface area contributed by atoms with Crippen molar-refractivity contribution in [2.24, 2.45) is 0 Å². The Morgan fingerprint density at radius 1 is 1.00 bits per heavy atom. The zero-order chi connectivity index (χ0) is 24.0. The van der Waals surface area contributed by atoms with Crippen molar-refractivity contribution in [3.63, 3.8) is 0 Å². The van der Waals surface area contributed by atoms with Gasteiger partial charge in [-0.05, 0) is 24.1 Å². The van der Waals surface area contributed by atoms with Crippen LogP contribution in [0.4, 0.5) is 0 Å². The summed E-state index contributed by atoms with van der Waals surface area (Å²) in [5.74, 6) is -2.04. The lowest BCUT2D eigenvalue weighted by atomic mass is 10.0. The number of carbonyl (C=O) groups is 2. The molecule has 0 spiro atoms. The number of benzene rings is 2. The highest BCUT2D eigenvalue weighted by Crippen LogP contribution is 2.45. The molecule has 0 saturated heterocycles. The van der Waals surface area contributed by atoms with Crippen molar-refractivity contribution in [3.8, 4) is 16.9 Å². The fourth-order valence-corrected chi connectivity index (χ4v) is 5.18. The van der Waals surface area contributed by atoms with Crippen LogP contribution in [0, 0.1) is 0 Å². The van der Waals surface area contributed by atoms with E-state index in [0.29, 0.717) is 22.0 Å². The minimum Gasteiger partial charge on any atom is -0.506 e. The van der Waals surface area contributed by atoms with Crippen LogP contribution >= 0.6 is 11.3 Å². The second kappa shape index (κ2) is 8.33. The number of nitrogens with one attached hydrogen (secondary N) is 2. The Bertz CT molecular complexity index is 1620. The first-order chi connectivity index (χ1) is 16.4. The van der Waals surface area contributed by atoms with Gasteiger partial charge in [-0.15, -0.1) is 11.3 Å². The van der Waals surface area contributed by atoms with E-state index in [0.717, 1.165) is 33.4 Å². The van der Waals surface area contributed by atoms with Crippen molar-refractivity contribution < 1.29 is 24.9 Å². The van der Waals surface area contributed by atoms with E-state index in [1.165, 1.54) is 0 Å². The van der Waals surface area contributed by atoms with E-state index >= 15 is 0 Å². The summed E-state index contributed by atoms with van der Waals surface area (Å²) in [7, 11) is 0. The number of hydrogen-bond donors (Lipinski definition) is 5. The smallest absolute Gasteiger partial charge is 0.346 e. The van der Waals surface area contributed by atoms with E-state index in [1.807, 2.05) is 36.4 Å². The third-order valence-corrected chi connectivity index (χ3v) is 6.95. The number of ketones is 1. The number of fused-ring (bicyclic) bond motifs is 2. The summed E-state index contributed by atoms with van der Waals surface area (Å²) in [5, 5.41) is 31.7. The van der Waals surface area contributed by atoms with Gasteiger partial charge in [-0.25, -0.2) is 4.79 Å². The van der Waals surface area contributed by atoms with Crippen LogP contribution in [0.25, 0.3) is 39.0 Å². The first kappa shape index (κ1) is 21.7. The van der Waals surface area contributed by atoms with Gasteiger partial charge in [-0.1, -0.05) is 42.5 Å². The van der Waals surface area contributed by atoms with Gasteiger partial charge in [-0.3, -0.25) is 4.79 Å². The van der Waals surface area contributed by atoms with Gasteiger partial charge in [-0.2, -0.15) is 0 Å². The summed E-state index contributed by atoms with van der Waals surface area (Å²) >= 11 is 0.763. The topological polar surface area (TPSA) is 126 Å². The molecule has 7 nitrogen and oxygen atoms in total. The summed E-state index contributed by atoms with van der Waals surface area (Å²) in [6.07, 6.45) is 5.03. The average molecular weight is 473 g/mol. The Kier molecular flexibility index (Phi) is 5.31. The molecular weight excluding hydrogens is 452 g/mol. The Hall–Kier alpha value is -4.14. The molecule has 8 heteroatoms. The summed E-state index contributed by atoms with van der Waals surface area (Å²) < 4.78 is 0. The predicted octanol–water partition coefficient (Wildman–Crippen LogP) is 5.41. The van der Waals surface area contributed by atoms with Gasteiger partial charge in [0.2, 0.25) is 5.78 Å². The fraction of sp³-hybridized carbons (Fsp3) is 0.0769. The molecule has 0 saturated carbocycles. The first-order valence-corrected chi connectivity index (χ1v) is 11.3. The number of thiophene rings is 1. The minimum absolute atomic E-state index is 0.0361. The van der Waals surface area contributed by atoms with E-state index in [2.05, 4.69) is 9.97 Å². The SMILES string of the molecule is C/C(=C\c1cccc2c(C(=O)c3sc(C(=O)O)c(-c4c[nH]c5ccccc45)c3O)c[nH]c12)CO. The molecule has 0 fully saturated rings. The number of carboxylic acid groups (broad SMARTS) is 1. The third-order valence-electron chi connectivity index (χ3n) is 5.79. The molecule has 3 heterocycles. The van der Waals surface area contributed by atoms with Gasteiger partial charge in [0.25, 0.3) is 0 Å². The molecule has 0 amide bonds. The predicted molar refractivity (Wildman–Crippen MR) is 133 cm³/mol. The molecule has 0 bridgehead atoms. The lowest BCUT2D eigenvalue weighted by molar-refractivity contribution is 0.0702. The highest BCUT2D eigenvalue weighted by atomic mass is 32.1. The molecule has 5 rings (SSSR count). The van der Waals surface area contributed by atoms with E-state index in [9.17, 15) is 24.9 Å². The molecule has 2 aromatic carbocycles. The number of carbonyl (C=O) groups excluding carboxylic acids is 1. The lowest BCUT2D eigenvalue weighted by Crippen LogP contribution is -1.98. The number of aromatic nitrogens is 2. The summed E-state index contributed by atoms with van der Waals surface area (Å²) in [4.78, 5) is 31.6. The Morgan fingerprint density at radius 2 is 1.76 bits per heavy atom. The summed E-state index contributed by atoms with van der Waals surface area (Å²) in [6.45, 7) is 1.72. The molecule has 170 valence electrons. The molecule has 0 radical (unpaired) electrons. The second-order valence-electron chi connectivity index (χ2n) is 7.99. The van der Waals surface area contributed by atoms with Gasteiger partial charge in [0.15, 0.2) is 0 Å². The molecule has 0 aliphatic rings. The fourth-order valence-electron chi connectivity index (χ4n) is 4.17. The van der Waals surface area contributed by atoms with Crippen LogP contribution in [0.5, 0.6) is 5.75 Å². The van der Waals surface area contributed by atoms with Crippen LogP contribution < -0.4 is 0 Å². The third kappa shape index (κ3) is 3.40. The Labute approximate surface area is 197 Å². The molecule has 3 aromatic heterocycles. The van der Waals surface area contributed by atoms with Gasteiger partial charge in [0, 0.05) is 39.8 Å². The summed E-state index contributed by atoms with van der Waals surface area (Å²) in [5.41, 5.74) is 4.05. The van der Waals surface area contributed by atoms with Crippen molar-refractivity contribution in [2.45, 2.75) is 6.92 Å². The quantitative estimate of drug-likeness (QED) is 0.211. The van der Waals surface area contributed by atoms with E-state index in [1.54, 1.807) is 31.5 Å². The molecule has 0 aliphatic heterocycles.